The first-order valence-corrected chi connectivity index (χ1v) is 8.86. The second-order valence-corrected chi connectivity index (χ2v) is 6.42. The lowest BCUT2D eigenvalue weighted by molar-refractivity contribution is 0.102. The predicted octanol–water partition coefficient (Wildman–Crippen LogP) is 6.05. The number of anilines is 1. The summed E-state index contributed by atoms with van der Waals surface area (Å²) in [6.07, 6.45) is 1.55. The zero-order valence-corrected chi connectivity index (χ0v) is 15.3. The number of para-hydroxylation sites is 1. The molecule has 4 nitrogen and oxygen atoms in total. The van der Waals surface area contributed by atoms with Crippen LogP contribution in [0.15, 0.2) is 83.4 Å². The SMILES string of the molecule is O=C(Nc1ccccc1Cl)c1ccccc1-c1ncc(-c2ccc(F)cc2)o1. The van der Waals surface area contributed by atoms with Crippen molar-refractivity contribution >= 4 is 23.2 Å². The van der Waals surface area contributed by atoms with Crippen LogP contribution in [0.3, 0.4) is 0 Å². The number of benzene rings is 3. The third-order valence-corrected chi connectivity index (χ3v) is 4.49. The molecule has 0 aliphatic heterocycles. The van der Waals surface area contributed by atoms with E-state index in [2.05, 4.69) is 10.3 Å². The molecule has 0 aliphatic carbocycles. The Kier molecular flexibility index (Phi) is 4.91. The van der Waals surface area contributed by atoms with E-state index in [0.717, 1.165) is 0 Å². The number of nitrogens with one attached hydrogen (secondary N) is 1. The molecule has 1 aromatic heterocycles. The minimum atomic E-state index is -0.329. The van der Waals surface area contributed by atoms with E-state index in [1.165, 1.54) is 12.1 Å². The molecule has 0 saturated heterocycles. The van der Waals surface area contributed by atoms with Crippen LogP contribution in [0.5, 0.6) is 0 Å². The number of halogens is 2. The van der Waals surface area contributed by atoms with Crippen LogP contribution in [0.2, 0.25) is 5.02 Å². The Balaban J connectivity index is 1.66. The molecule has 1 heterocycles. The van der Waals surface area contributed by atoms with Crippen molar-refractivity contribution < 1.29 is 13.6 Å². The minimum Gasteiger partial charge on any atom is -0.436 e. The number of carbonyl (C=O) groups excluding carboxylic acids is 1. The molecule has 0 radical (unpaired) electrons. The number of aromatic nitrogens is 1. The summed E-state index contributed by atoms with van der Waals surface area (Å²) >= 11 is 6.12. The summed E-state index contributed by atoms with van der Waals surface area (Å²) in [6, 6.07) is 19.9. The molecule has 0 unspecified atom stereocenters. The van der Waals surface area contributed by atoms with Crippen LogP contribution in [-0.2, 0) is 0 Å². The Hall–Kier alpha value is -3.44. The lowest BCUT2D eigenvalue weighted by atomic mass is 10.1. The number of carbonyl (C=O) groups is 1. The number of hydrogen-bond acceptors (Lipinski definition) is 3. The van der Waals surface area contributed by atoms with E-state index < -0.39 is 0 Å². The van der Waals surface area contributed by atoms with Crippen molar-refractivity contribution in [2.75, 3.05) is 5.32 Å². The zero-order valence-electron chi connectivity index (χ0n) is 14.5. The lowest BCUT2D eigenvalue weighted by Crippen LogP contribution is -2.13. The highest BCUT2D eigenvalue weighted by molar-refractivity contribution is 6.34. The zero-order chi connectivity index (χ0) is 19.5. The van der Waals surface area contributed by atoms with Gasteiger partial charge in [0.25, 0.3) is 5.91 Å². The predicted molar refractivity (Wildman–Crippen MR) is 107 cm³/mol. The Morgan fingerprint density at radius 2 is 1.68 bits per heavy atom. The second-order valence-electron chi connectivity index (χ2n) is 6.02. The van der Waals surface area contributed by atoms with Gasteiger partial charge in [-0.2, -0.15) is 0 Å². The fourth-order valence-electron chi connectivity index (χ4n) is 2.77. The van der Waals surface area contributed by atoms with Crippen molar-refractivity contribution in [3.63, 3.8) is 0 Å². The van der Waals surface area contributed by atoms with Crippen molar-refractivity contribution in [3.05, 3.63) is 95.4 Å². The van der Waals surface area contributed by atoms with Crippen LogP contribution >= 0.6 is 11.6 Å². The summed E-state index contributed by atoms with van der Waals surface area (Å²) in [4.78, 5) is 17.1. The fraction of sp³-hybridized carbons (Fsp3) is 0. The Morgan fingerprint density at radius 3 is 2.46 bits per heavy atom. The molecule has 1 amide bonds. The topological polar surface area (TPSA) is 55.1 Å². The molecule has 0 atom stereocenters. The third-order valence-electron chi connectivity index (χ3n) is 4.16. The van der Waals surface area contributed by atoms with Crippen LogP contribution in [0.4, 0.5) is 10.1 Å². The van der Waals surface area contributed by atoms with Crippen LogP contribution in [-0.4, -0.2) is 10.9 Å². The van der Waals surface area contributed by atoms with E-state index in [-0.39, 0.29) is 11.7 Å². The highest BCUT2D eigenvalue weighted by atomic mass is 35.5. The van der Waals surface area contributed by atoms with E-state index in [9.17, 15) is 9.18 Å². The lowest BCUT2D eigenvalue weighted by Gasteiger charge is -2.09. The van der Waals surface area contributed by atoms with Crippen LogP contribution in [0.25, 0.3) is 22.8 Å². The summed E-state index contributed by atoms with van der Waals surface area (Å²) in [6.45, 7) is 0. The average Bonchev–Trinajstić information content (AvgIpc) is 3.20. The van der Waals surface area contributed by atoms with Crippen LogP contribution in [0, 0.1) is 5.82 Å². The van der Waals surface area contributed by atoms with Gasteiger partial charge in [-0.1, -0.05) is 35.9 Å². The maximum absolute atomic E-state index is 13.1. The van der Waals surface area contributed by atoms with E-state index >= 15 is 0 Å². The van der Waals surface area contributed by atoms with Crippen molar-refractivity contribution in [3.8, 4) is 22.8 Å². The van der Waals surface area contributed by atoms with Gasteiger partial charge in [-0.25, -0.2) is 9.37 Å². The second kappa shape index (κ2) is 7.66. The van der Waals surface area contributed by atoms with Gasteiger partial charge in [0.05, 0.1) is 22.5 Å². The molecule has 0 spiro atoms. The molecular formula is C22H14ClFN2O2. The first-order valence-electron chi connectivity index (χ1n) is 8.49. The normalized spacial score (nSPS) is 10.6. The van der Waals surface area contributed by atoms with Crippen molar-refractivity contribution in [1.29, 1.82) is 0 Å². The maximum atomic E-state index is 13.1. The molecule has 0 fully saturated rings. The quantitative estimate of drug-likeness (QED) is 0.459. The van der Waals surface area contributed by atoms with E-state index in [1.807, 2.05) is 0 Å². The van der Waals surface area contributed by atoms with Gasteiger partial charge in [-0.15, -0.1) is 0 Å². The molecule has 138 valence electrons. The van der Waals surface area contributed by atoms with Gasteiger partial charge in [0.1, 0.15) is 5.82 Å². The summed E-state index contributed by atoms with van der Waals surface area (Å²) < 4.78 is 18.9. The summed E-state index contributed by atoms with van der Waals surface area (Å²) in [5.41, 5.74) is 2.15. The molecule has 0 saturated carbocycles. The highest BCUT2D eigenvalue weighted by Crippen LogP contribution is 2.29. The van der Waals surface area contributed by atoms with Gasteiger partial charge >= 0.3 is 0 Å². The number of rotatable bonds is 4. The van der Waals surface area contributed by atoms with Crippen LogP contribution in [0.1, 0.15) is 10.4 Å². The van der Waals surface area contributed by atoms with E-state index in [1.54, 1.807) is 66.9 Å². The Bertz CT molecular complexity index is 1140. The summed E-state index contributed by atoms with van der Waals surface area (Å²) in [5.74, 6) is 0.121. The van der Waals surface area contributed by atoms with Gasteiger partial charge in [-0.3, -0.25) is 4.79 Å². The Morgan fingerprint density at radius 1 is 0.964 bits per heavy atom. The van der Waals surface area contributed by atoms with Gasteiger partial charge in [0.15, 0.2) is 5.76 Å². The van der Waals surface area contributed by atoms with Crippen molar-refractivity contribution in [2.45, 2.75) is 0 Å². The molecule has 4 rings (SSSR count). The maximum Gasteiger partial charge on any atom is 0.256 e. The molecular weight excluding hydrogens is 379 g/mol. The molecule has 1 N–H and O–H groups in total. The number of amides is 1. The molecule has 6 heteroatoms. The molecule has 4 aromatic rings. The van der Waals surface area contributed by atoms with Gasteiger partial charge < -0.3 is 9.73 Å². The monoisotopic (exact) mass is 392 g/mol. The van der Waals surface area contributed by atoms with Crippen molar-refractivity contribution in [2.24, 2.45) is 0 Å². The Labute approximate surface area is 165 Å². The molecule has 0 aliphatic rings. The van der Waals surface area contributed by atoms with Crippen LogP contribution < -0.4 is 5.32 Å². The molecule has 3 aromatic carbocycles. The highest BCUT2D eigenvalue weighted by Gasteiger charge is 2.17. The molecule has 28 heavy (non-hydrogen) atoms. The first kappa shape index (κ1) is 17.9. The number of nitrogens with zero attached hydrogens (tertiary/aromatic N) is 1. The van der Waals surface area contributed by atoms with Crippen molar-refractivity contribution in [1.82, 2.24) is 4.98 Å². The van der Waals surface area contributed by atoms with Gasteiger partial charge in [0, 0.05) is 11.1 Å². The van der Waals surface area contributed by atoms with Gasteiger partial charge in [0.2, 0.25) is 5.89 Å². The molecule has 0 bridgehead atoms. The number of oxazole rings is 1. The summed E-state index contributed by atoms with van der Waals surface area (Å²) in [7, 11) is 0. The van der Waals surface area contributed by atoms with E-state index in [4.69, 9.17) is 16.0 Å². The third kappa shape index (κ3) is 3.66. The van der Waals surface area contributed by atoms with E-state index in [0.29, 0.717) is 39.1 Å². The fourth-order valence-corrected chi connectivity index (χ4v) is 2.95. The van der Waals surface area contributed by atoms with Gasteiger partial charge in [-0.05, 0) is 48.5 Å². The minimum absolute atomic E-state index is 0.296. The number of hydrogen-bond donors (Lipinski definition) is 1. The largest absolute Gasteiger partial charge is 0.436 e. The average molecular weight is 393 g/mol. The first-order chi connectivity index (χ1) is 13.6. The smallest absolute Gasteiger partial charge is 0.256 e. The standard InChI is InChI=1S/C22H14ClFN2O2/c23-18-7-3-4-8-19(18)26-21(27)16-5-1-2-6-17(16)22-25-13-20(28-22)14-9-11-15(24)12-10-14/h1-13H,(H,26,27). The summed E-state index contributed by atoms with van der Waals surface area (Å²) in [5, 5.41) is 3.25.